The molecule has 0 aromatic heterocycles. The molecule has 1 atom stereocenters. The summed E-state index contributed by atoms with van der Waals surface area (Å²) in [6, 6.07) is 89.2. The van der Waals surface area contributed by atoms with Gasteiger partial charge in [-0.1, -0.05) is 250 Å². The number of anilines is 3. The monoisotopic (exact) mass is 984 g/mol. The van der Waals surface area contributed by atoms with Crippen molar-refractivity contribution in [2.24, 2.45) is 0 Å². The second-order valence-corrected chi connectivity index (χ2v) is 22.4. The van der Waals surface area contributed by atoms with Crippen LogP contribution in [0.2, 0.25) is 0 Å². The highest BCUT2D eigenvalue weighted by Crippen LogP contribution is 2.60. The van der Waals surface area contributed by atoms with Crippen molar-refractivity contribution in [3.63, 3.8) is 0 Å². The zero-order valence-corrected chi connectivity index (χ0v) is 45.5. The highest BCUT2D eigenvalue weighted by molar-refractivity contribution is 5.92. The molecule has 1 nitrogen and oxygen atoms in total. The topological polar surface area (TPSA) is 3.24 Å². The van der Waals surface area contributed by atoms with Crippen LogP contribution in [0.3, 0.4) is 0 Å². The van der Waals surface area contributed by atoms with Gasteiger partial charge in [-0.05, 0) is 173 Å². The van der Waals surface area contributed by atoms with E-state index in [0.717, 1.165) is 29.9 Å². The van der Waals surface area contributed by atoms with Crippen molar-refractivity contribution in [2.75, 3.05) is 4.90 Å². The zero-order chi connectivity index (χ0) is 52.3. The summed E-state index contributed by atoms with van der Waals surface area (Å²) in [4.78, 5) is 2.53. The molecule has 1 unspecified atom stereocenters. The molecule has 0 heterocycles. The van der Waals surface area contributed by atoms with Gasteiger partial charge in [0.1, 0.15) is 0 Å². The van der Waals surface area contributed by atoms with Crippen molar-refractivity contribution in [1.82, 2.24) is 0 Å². The molecule has 12 rings (SSSR count). The number of fused-ring (bicyclic) bond motifs is 6. The Morgan fingerprint density at radius 2 is 0.658 bits per heavy atom. The van der Waals surface area contributed by atoms with E-state index >= 15 is 0 Å². The van der Waals surface area contributed by atoms with Gasteiger partial charge in [-0.2, -0.15) is 0 Å². The van der Waals surface area contributed by atoms with Gasteiger partial charge in [0.05, 0.1) is 10.8 Å². The maximum absolute atomic E-state index is 2.53. The molecule has 0 N–H and O–H groups in total. The first-order valence-electron chi connectivity index (χ1n) is 27.9. The Hall–Kier alpha value is -8.00. The molecular weight excluding hydrogens is 915 g/mol. The molecule has 0 bridgehead atoms. The van der Waals surface area contributed by atoms with Crippen molar-refractivity contribution in [2.45, 2.75) is 96.8 Å². The molecule has 10 aromatic rings. The van der Waals surface area contributed by atoms with E-state index < -0.39 is 10.8 Å². The van der Waals surface area contributed by atoms with Gasteiger partial charge >= 0.3 is 0 Å². The van der Waals surface area contributed by atoms with E-state index in [1.165, 1.54) is 106 Å². The molecule has 0 saturated carbocycles. The van der Waals surface area contributed by atoms with Crippen LogP contribution >= 0.6 is 0 Å². The van der Waals surface area contributed by atoms with Crippen molar-refractivity contribution >= 4 is 17.1 Å². The molecule has 0 fully saturated rings. The summed E-state index contributed by atoms with van der Waals surface area (Å²) in [5.74, 6) is 1.28. The largest absolute Gasteiger partial charge is 0.310 e. The van der Waals surface area contributed by atoms with Gasteiger partial charge in [-0.3, -0.25) is 0 Å². The quantitative estimate of drug-likeness (QED) is 0.111. The fourth-order valence-electron chi connectivity index (χ4n) is 13.0. The third kappa shape index (κ3) is 7.89. The first-order chi connectivity index (χ1) is 37.0. The third-order valence-corrected chi connectivity index (χ3v) is 17.1. The Bertz CT molecular complexity index is 3650. The van der Waals surface area contributed by atoms with Crippen LogP contribution in [-0.2, 0) is 23.7 Å². The molecule has 2 aliphatic rings. The minimum absolute atomic E-state index is 0.425. The molecule has 0 aliphatic heterocycles. The molecule has 0 spiro atoms. The van der Waals surface area contributed by atoms with Crippen LogP contribution in [0.25, 0.3) is 33.4 Å². The van der Waals surface area contributed by atoms with E-state index in [2.05, 4.69) is 291 Å². The van der Waals surface area contributed by atoms with Crippen LogP contribution in [0.4, 0.5) is 17.1 Å². The van der Waals surface area contributed by atoms with Gasteiger partial charge in [-0.25, -0.2) is 0 Å². The summed E-state index contributed by atoms with van der Waals surface area (Å²) in [7, 11) is 0. The maximum atomic E-state index is 2.53. The van der Waals surface area contributed by atoms with E-state index in [4.69, 9.17) is 0 Å². The van der Waals surface area contributed by atoms with Crippen molar-refractivity contribution in [3.8, 4) is 33.4 Å². The minimum Gasteiger partial charge on any atom is -0.310 e. The SMILES string of the molecule is CCc1cc(CC)cc(-c2ccc(N(c3ccc4c(c3)C(c3ccccc3)(c3ccc(C(C)C)cc3)c3ccccc3-4)c3ccc4c(c3)C(c3ccc(C(C)C)cc3)(c3ccc(C(C)C)cc3)c3ccccc3-4)cc2)c1. The van der Waals surface area contributed by atoms with Gasteiger partial charge in [0.2, 0.25) is 0 Å². The molecule has 1 heteroatoms. The Morgan fingerprint density at radius 3 is 1.05 bits per heavy atom. The lowest BCUT2D eigenvalue weighted by atomic mass is 9.67. The lowest BCUT2D eigenvalue weighted by molar-refractivity contribution is 0.761. The smallest absolute Gasteiger partial charge is 0.0714 e. The summed E-state index contributed by atoms with van der Waals surface area (Å²) in [5.41, 5.74) is 26.9. The molecule has 10 aromatic carbocycles. The molecule has 0 radical (unpaired) electrons. The van der Waals surface area contributed by atoms with Gasteiger partial charge in [0.25, 0.3) is 0 Å². The Balaban J connectivity index is 1.12. The Labute approximate surface area is 452 Å². The van der Waals surface area contributed by atoms with Crippen LogP contribution in [0.15, 0.2) is 231 Å². The Kier molecular flexibility index (Phi) is 12.6. The van der Waals surface area contributed by atoms with Crippen LogP contribution in [-0.4, -0.2) is 0 Å². The summed E-state index contributed by atoms with van der Waals surface area (Å²) in [6.07, 6.45) is 2.02. The average molecular weight is 984 g/mol. The molecule has 76 heavy (non-hydrogen) atoms. The highest BCUT2D eigenvalue weighted by atomic mass is 15.1. The fourth-order valence-corrected chi connectivity index (χ4v) is 13.0. The molecule has 374 valence electrons. The van der Waals surface area contributed by atoms with Gasteiger partial charge in [0, 0.05) is 17.1 Å². The molecular formula is C75H69N. The van der Waals surface area contributed by atoms with E-state index in [0.29, 0.717) is 17.8 Å². The minimum atomic E-state index is -0.575. The van der Waals surface area contributed by atoms with Crippen molar-refractivity contribution in [1.29, 1.82) is 0 Å². The van der Waals surface area contributed by atoms with Crippen LogP contribution in [0, 0.1) is 0 Å². The Morgan fingerprint density at radius 1 is 0.303 bits per heavy atom. The maximum Gasteiger partial charge on any atom is 0.0714 e. The van der Waals surface area contributed by atoms with Gasteiger partial charge in [0.15, 0.2) is 0 Å². The van der Waals surface area contributed by atoms with E-state index in [1.807, 2.05) is 0 Å². The lowest BCUT2D eigenvalue weighted by Gasteiger charge is -2.36. The zero-order valence-electron chi connectivity index (χ0n) is 45.5. The average Bonchev–Trinajstić information content (AvgIpc) is 4.10. The van der Waals surface area contributed by atoms with Gasteiger partial charge < -0.3 is 4.90 Å². The van der Waals surface area contributed by atoms with Crippen molar-refractivity contribution in [3.05, 3.63) is 303 Å². The number of nitrogens with zero attached hydrogens (tertiary/aromatic N) is 1. The normalized spacial score (nSPS) is 14.9. The summed E-state index contributed by atoms with van der Waals surface area (Å²) in [6.45, 7) is 18.2. The first-order valence-corrected chi connectivity index (χ1v) is 27.9. The second kappa shape index (κ2) is 19.6. The number of benzene rings is 10. The number of aryl methyl sites for hydroxylation is 2. The fraction of sp³-hybridized carbons (Fsp3) is 0.200. The number of hydrogen-bond donors (Lipinski definition) is 0. The lowest BCUT2D eigenvalue weighted by Crippen LogP contribution is -2.29. The summed E-state index contributed by atoms with van der Waals surface area (Å²) < 4.78 is 0. The predicted molar refractivity (Wildman–Crippen MR) is 322 cm³/mol. The molecule has 0 amide bonds. The standard InChI is InChI=1S/C75H69N/c1-9-52-44-53(10-2)46-58(45-52)57-30-38-63(39-31-57)76(64-40-42-68-66-20-14-16-22-70(66)74(72(68)47-64,59-18-12-11-13-19-59)60-32-24-54(25-33-60)49(3)4)65-41-43-69-67-21-15-17-23-71(67)75(73(69)48-65,61-34-26-55(27-35-61)50(5)6)62-36-28-56(29-37-62)51(7)8/h11-51H,9-10H2,1-8H3. The predicted octanol–water partition coefficient (Wildman–Crippen LogP) is 20.0. The number of rotatable bonds is 13. The molecule has 2 aliphatic carbocycles. The first kappa shape index (κ1) is 48.9. The van der Waals surface area contributed by atoms with E-state index in [1.54, 1.807) is 0 Å². The summed E-state index contributed by atoms with van der Waals surface area (Å²) >= 11 is 0. The van der Waals surface area contributed by atoms with Crippen LogP contribution < -0.4 is 4.90 Å². The van der Waals surface area contributed by atoms with Gasteiger partial charge in [-0.15, -0.1) is 0 Å². The molecule has 0 saturated heterocycles. The van der Waals surface area contributed by atoms with Crippen LogP contribution in [0.1, 0.15) is 145 Å². The van der Waals surface area contributed by atoms with Crippen LogP contribution in [0.5, 0.6) is 0 Å². The van der Waals surface area contributed by atoms with E-state index in [9.17, 15) is 0 Å². The van der Waals surface area contributed by atoms with E-state index in [-0.39, 0.29) is 0 Å². The van der Waals surface area contributed by atoms with Crippen molar-refractivity contribution < 1.29 is 0 Å². The second-order valence-electron chi connectivity index (χ2n) is 22.4. The number of hydrogen-bond acceptors (Lipinski definition) is 1. The third-order valence-electron chi connectivity index (χ3n) is 17.1. The summed E-state index contributed by atoms with van der Waals surface area (Å²) in [5, 5.41) is 0. The highest BCUT2D eigenvalue weighted by Gasteiger charge is 2.48.